The molecule has 3 N–H and O–H groups in total. The molecule has 0 bridgehead atoms. The second-order valence-electron chi connectivity index (χ2n) is 6.40. The number of halogens is 4. The summed E-state index contributed by atoms with van der Waals surface area (Å²) in [7, 11) is 0. The third kappa shape index (κ3) is 7.45. The molecule has 1 aliphatic rings. The number of hydrogen-bond acceptors (Lipinski definition) is 5. The van der Waals surface area contributed by atoms with Gasteiger partial charge in [-0.1, -0.05) is 23.7 Å². The minimum atomic E-state index is -0.625. The van der Waals surface area contributed by atoms with Crippen LogP contribution >= 0.6 is 36.4 Å². The van der Waals surface area contributed by atoms with E-state index in [9.17, 15) is 9.18 Å². The number of nitrogens with one attached hydrogen (secondary N) is 2. The Kier molecular flexibility index (Phi) is 10.4. The van der Waals surface area contributed by atoms with Crippen molar-refractivity contribution in [3.05, 3.63) is 64.6 Å². The lowest BCUT2D eigenvalue weighted by Crippen LogP contribution is -2.26. The molecule has 10 heteroatoms. The first-order chi connectivity index (χ1) is 13.0. The second-order valence-corrected chi connectivity index (χ2v) is 6.81. The molecule has 0 aliphatic carbocycles. The van der Waals surface area contributed by atoms with E-state index in [-0.39, 0.29) is 36.7 Å². The van der Waals surface area contributed by atoms with Crippen molar-refractivity contribution in [3.63, 3.8) is 0 Å². The van der Waals surface area contributed by atoms with Gasteiger partial charge in [-0.2, -0.15) is 0 Å². The van der Waals surface area contributed by atoms with Crippen LogP contribution in [0.15, 0.2) is 42.6 Å². The average Bonchev–Trinajstić information content (AvgIpc) is 3.10. The zero-order valence-corrected chi connectivity index (χ0v) is 17.7. The number of carbonyl (C=O) groups is 1. The molecular weight excluding hydrogens is 442 g/mol. The summed E-state index contributed by atoms with van der Waals surface area (Å²) < 4.78 is 13.0. The molecule has 1 saturated heterocycles. The number of carbonyl (C=O) groups excluding carboxylic acids is 1. The SMILES string of the molecule is Cl.Cl.O=C(/C=C/c1cnc(N[C@@H]2CCN(Cc3ccc(F)cc3)C2)c(Cl)c1)NO. The third-order valence-corrected chi connectivity index (χ3v) is 4.62. The van der Waals surface area contributed by atoms with Crippen molar-refractivity contribution < 1.29 is 14.4 Å². The first-order valence-corrected chi connectivity index (χ1v) is 8.92. The van der Waals surface area contributed by atoms with E-state index in [1.54, 1.807) is 24.4 Å². The van der Waals surface area contributed by atoms with Gasteiger partial charge in [-0.3, -0.25) is 14.9 Å². The molecule has 0 radical (unpaired) electrons. The zero-order chi connectivity index (χ0) is 19.2. The molecule has 2 heterocycles. The maximum atomic E-state index is 13.0. The lowest BCUT2D eigenvalue weighted by molar-refractivity contribution is -0.124. The van der Waals surface area contributed by atoms with Gasteiger partial charge in [-0.05, 0) is 41.8 Å². The van der Waals surface area contributed by atoms with E-state index in [0.717, 1.165) is 31.6 Å². The van der Waals surface area contributed by atoms with Gasteiger partial charge in [0, 0.05) is 37.9 Å². The summed E-state index contributed by atoms with van der Waals surface area (Å²) in [6.45, 7) is 2.55. The third-order valence-electron chi connectivity index (χ3n) is 4.33. The quantitative estimate of drug-likeness (QED) is 0.344. The Bertz CT molecular complexity index is 837. The summed E-state index contributed by atoms with van der Waals surface area (Å²) >= 11 is 6.28. The fraction of sp³-hybridized carbons (Fsp3) is 0.263. The first kappa shape index (κ1) is 25.1. The van der Waals surface area contributed by atoms with Crippen LogP contribution in [0.2, 0.25) is 5.02 Å². The molecule has 0 unspecified atom stereocenters. The Balaban J connectivity index is 0.00000210. The lowest BCUT2D eigenvalue weighted by Gasteiger charge is -2.17. The van der Waals surface area contributed by atoms with E-state index in [4.69, 9.17) is 16.8 Å². The summed E-state index contributed by atoms with van der Waals surface area (Å²) in [5, 5.41) is 12.3. The van der Waals surface area contributed by atoms with Crippen LogP contribution in [0.3, 0.4) is 0 Å². The van der Waals surface area contributed by atoms with Gasteiger partial charge in [0.1, 0.15) is 11.6 Å². The molecule has 0 spiro atoms. The van der Waals surface area contributed by atoms with Crippen LogP contribution in [0.25, 0.3) is 6.08 Å². The number of rotatable bonds is 6. The van der Waals surface area contributed by atoms with Crippen LogP contribution in [0.4, 0.5) is 10.2 Å². The molecule has 29 heavy (non-hydrogen) atoms. The van der Waals surface area contributed by atoms with Crippen LogP contribution in [0.1, 0.15) is 17.5 Å². The van der Waals surface area contributed by atoms with E-state index in [1.807, 2.05) is 0 Å². The summed E-state index contributed by atoms with van der Waals surface area (Å²) in [6, 6.07) is 8.48. The largest absolute Gasteiger partial charge is 0.365 e. The second kappa shape index (κ2) is 11.9. The highest BCUT2D eigenvalue weighted by Gasteiger charge is 2.23. The maximum absolute atomic E-state index is 13.0. The molecule has 2 aromatic rings. The van der Waals surface area contributed by atoms with E-state index in [1.165, 1.54) is 29.8 Å². The van der Waals surface area contributed by atoms with Crippen molar-refractivity contribution in [2.45, 2.75) is 19.0 Å². The Morgan fingerprint density at radius 3 is 2.72 bits per heavy atom. The molecule has 1 fully saturated rings. The summed E-state index contributed by atoms with van der Waals surface area (Å²) in [5.74, 6) is -0.259. The van der Waals surface area contributed by atoms with Gasteiger partial charge < -0.3 is 5.32 Å². The van der Waals surface area contributed by atoms with Crippen molar-refractivity contribution in [3.8, 4) is 0 Å². The Morgan fingerprint density at radius 2 is 2.07 bits per heavy atom. The highest BCUT2D eigenvalue weighted by molar-refractivity contribution is 6.33. The molecule has 3 rings (SSSR count). The first-order valence-electron chi connectivity index (χ1n) is 8.54. The van der Waals surface area contributed by atoms with E-state index < -0.39 is 5.91 Å². The van der Waals surface area contributed by atoms with Crippen LogP contribution in [-0.4, -0.2) is 40.1 Å². The Labute approximate surface area is 185 Å². The van der Waals surface area contributed by atoms with E-state index in [0.29, 0.717) is 16.4 Å². The summed E-state index contributed by atoms with van der Waals surface area (Å²) in [4.78, 5) is 17.6. The molecule has 158 valence electrons. The molecule has 6 nitrogen and oxygen atoms in total. The molecule has 0 saturated carbocycles. The highest BCUT2D eigenvalue weighted by Crippen LogP contribution is 2.24. The summed E-state index contributed by atoms with van der Waals surface area (Å²) in [6.07, 6.45) is 5.25. The van der Waals surface area contributed by atoms with Gasteiger partial charge in [0.25, 0.3) is 5.91 Å². The molecule has 1 aromatic heterocycles. The topological polar surface area (TPSA) is 77.5 Å². The van der Waals surface area contributed by atoms with Crippen molar-refractivity contribution in [2.75, 3.05) is 18.4 Å². The van der Waals surface area contributed by atoms with Gasteiger partial charge in [-0.15, -0.1) is 24.8 Å². The fourth-order valence-electron chi connectivity index (χ4n) is 2.99. The average molecular weight is 464 g/mol. The van der Waals surface area contributed by atoms with Gasteiger partial charge in [-0.25, -0.2) is 14.9 Å². The van der Waals surface area contributed by atoms with Gasteiger partial charge >= 0.3 is 0 Å². The Hall–Kier alpha value is -1.90. The number of hydrogen-bond donors (Lipinski definition) is 3. The van der Waals surface area contributed by atoms with Crippen LogP contribution < -0.4 is 10.8 Å². The number of hydroxylamine groups is 1. The van der Waals surface area contributed by atoms with Crippen molar-refractivity contribution >= 4 is 54.2 Å². The number of pyridine rings is 1. The predicted octanol–water partition coefficient (Wildman–Crippen LogP) is 3.92. The van der Waals surface area contributed by atoms with Crippen LogP contribution in [0.5, 0.6) is 0 Å². The molecule has 1 amide bonds. The molecular formula is C19H22Cl3FN4O2. The fourth-order valence-corrected chi connectivity index (χ4v) is 3.22. The van der Waals surface area contributed by atoms with Crippen molar-refractivity contribution in [1.29, 1.82) is 0 Å². The highest BCUT2D eigenvalue weighted by atomic mass is 35.5. The molecule has 1 atom stereocenters. The molecule has 1 aromatic carbocycles. The minimum absolute atomic E-state index is 0. The standard InChI is InChI=1S/C19H20ClFN4O2.2ClH/c20-17-9-14(3-6-18(26)24-27)10-22-19(17)23-16-7-8-25(12-16)11-13-1-4-15(21)5-2-13;;/h1-6,9-10,16,27H,7-8,11-12H2,(H,22,23)(H,24,26);2*1H/b6-3+;;/t16-;;/m1../s1. The van der Waals surface area contributed by atoms with Gasteiger partial charge in [0.2, 0.25) is 0 Å². The van der Waals surface area contributed by atoms with Gasteiger partial charge in [0.15, 0.2) is 0 Å². The number of likely N-dealkylation sites (tertiary alicyclic amines) is 1. The number of nitrogens with zero attached hydrogens (tertiary/aromatic N) is 2. The lowest BCUT2D eigenvalue weighted by atomic mass is 10.2. The monoisotopic (exact) mass is 462 g/mol. The molecule has 1 aliphatic heterocycles. The number of amides is 1. The van der Waals surface area contributed by atoms with Crippen molar-refractivity contribution in [2.24, 2.45) is 0 Å². The number of benzene rings is 1. The predicted molar refractivity (Wildman–Crippen MR) is 116 cm³/mol. The number of anilines is 1. The minimum Gasteiger partial charge on any atom is -0.365 e. The van der Waals surface area contributed by atoms with E-state index in [2.05, 4.69) is 15.2 Å². The smallest absolute Gasteiger partial charge is 0.267 e. The zero-order valence-electron chi connectivity index (χ0n) is 15.3. The van der Waals surface area contributed by atoms with Crippen LogP contribution in [0, 0.1) is 5.82 Å². The van der Waals surface area contributed by atoms with Gasteiger partial charge in [0.05, 0.1) is 5.02 Å². The Morgan fingerprint density at radius 1 is 1.34 bits per heavy atom. The normalized spacial score (nSPS) is 16.2. The summed E-state index contributed by atoms with van der Waals surface area (Å²) in [5.41, 5.74) is 3.25. The number of aromatic nitrogens is 1. The van der Waals surface area contributed by atoms with Crippen molar-refractivity contribution in [1.82, 2.24) is 15.4 Å². The van der Waals surface area contributed by atoms with E-state index >= 15 is 0 Å². The van der Waals surface area contributed by atoms with Crippen LogP contribution in [-0.2, 0) is 11.3 Å². The maximum Gasteiger partial charge on any atom is 0.267 e.